The summed E-state index contributed by atoms with van der Waals surface area (Å²) in [7, 11) is 0. The van der Waals surface area contributed by atoms with Gasteiger partial charge in [0.2, 0.25) is 0 Å². The molecule has 2 rings (SSSR count). The summed E-state index contributed by atoms with van der Waals surface area (Å²) in [6.45, 7) is 4.25. The van der Waals surface area contributed by atoms with Crippen molar-refractivity contribution in [2.24, 2.45) is 0 Å². The molecule has 1 aromatic carbocycles. The van der Waals surface area contributed by atoms with E-state index >= 15 is 0 Å². The first kappa shape index (κ1) is 8.95. The molecule has 0 aliphatic heterocycles. The highest BCUT2D eigenvalue weighted by Crippen LogP contribution is 2.22. The molecule has 0 aliphatic carbocycles. The van der Waals surface area contributed by atoms with E-state index in [0.717, 1.165) is 5.69 Å². The van der Waals surface area contributed by atoms with E-state index in [0.29, 0.717) is 0 Å². The predicted octanol–water partition coefficient (Wildman–Crippen LogP) is 3.17. The van der Waals surface area contributed by atoms with Gasteiger partial charge in [-0.3, -0.25) is 4.98 Å². The van der Waals surface area contributed by atoms with Crippen molar-refractivity contribution in [2.45, 2.75) is 13.8 Å². The van der Waals surface area contributed by atoms with Gasteiger partial charge in [0.25, 0.3) is 0 Å². The number of hydrogen-bond donors (Lipinski definition) is 0. The zero-order valence-corrected chi connectivity index (χ0v) is 8.41. The molecular formula is C13H12N. The Kier molecular flexibility index (Phi) is 2.32. The van der Waals surface area contributed by atoms with Gasteiger partial charge in [0.1, 0.15) is 0 Å². The van der Waals surface area contributed by atoms with Crippen LogP contribution in [0.3, 0.4) is 0 Å². The number of aryl methyl sites for hydroxylation is 1. The molecule has 69 valence electrons. The van der Waals surface area contributed by atoms with Gasteiger partial charge in [-0.25, -0.2) is 0 Å². The lowest BCUT2D eigenvalue weighted by Crippen LogP contribution is -1.88. The lowest BCUT2D eigenvalue weighted by molar-refractivity contribution is 1.27. The second-order valence-electron chi connectivity index (χ2n) is 3.39. The summed E-state index contributed by atoms with van der Waals surface area (Å²) in [5.41, 5.74) is 4.83. The smallest absolute Gasteiger partial charge is 0.0705 e. The van der Waals surface area contributed by atoms with Crippen LogP contribution in [-0.2, 0) is 0 Å². The molecule has 0 N–H and O–H groups in total. The zero-order chi connectivity index (χ0) is 9.97. The fourth-order valence-corrected chi connectivity index (χ4v) is 1.51. The van der Waals surface area contributed by atoms with E-state index in [-0.39, 0.29) is 0 Å². The van der Waals surface area contributed by atoms with Crippen LogP contribution in [0.25, 0.3) is 11.3 Å². The van der Waals surface area contributed by atoms with Crippen LogP contribution in [0.2, 0.25) is 0 Å². The van der Waals surface area contributed by atoms with Crippen LogP contribution in [0.4, 0.5) is 0 Å². The fourth-order valence-electron chi connectivity index (χ4n) is 1.51. The Morgan fingerprint density at radius 1 is 1.14 bits per heavy atom. The van der Waals surface area contributed by atoms with E-state index in [2.05, 4.69) is 43.1 Å². The van der Waals surface area contributed by atoms with Crippen molar-refractivity contribution >= 4 is 0 Å². The fraction of sp³-hybridized carbons (Fsp3) is 0.154. The molecular weight excluding hydrogens is 170 g/mol. The third-order valence-corrected chi connectivity index (χ3v) is 2.50. The van der Waals surface area contributed by atoms with Gasteiger partial charge in [0.15, 0.2) is 0 Å². The highest BCUT2D eigenvalue weighted by molar-refractivity contribution is 5.64. The first-order chi connectivity index (χ1) is 6.79. The summed E-state index contributed by atoms with van der Waals surface area (Å²) < 4.78 is 0. The van der Waals surface area contributed by atoms with Gasteiger partial charge in [-0.2, -0.15) is 0 Å². The van der Waals surface area contributed by atoms with Gasteiger partial charge in [-0.1, -0.05) is 24.3 Å². The molecule has 2 aromatic rings. The average molecular weight is 182 g/mol. The number of pyridine rings is 1. The van der Waals surface area contributed by atoms with Crippen LogP contribution < -0.4 is 0 Å². The Bertz CT molecular complexity index is 432. The molecule has 1 nitrogen and oxygen atoms in total. The minimum absolute atomic E-state index is 1.02. The molecule has 0 aliphatic rings. The maximum absolute atomic E-state index is 4.30. The van der Waals surface area contributed by atoms with Crippen molar-refractivity contribution in [2.75, 3.05) is 0 Å². The molecule has 1 heteroatoms. The van der Waals surface area contributed by atoms with Crippen LogP contribution >= 0.6 is 0 Å². The van der Waals surface area contributed by atoms with Crippen molar-refractivity contribution in [3.8, 4) is 11.3 Å². The van der Waals surface area contributed by atoms with E-state index in [1.165, 1.54) is 16.7 Å². The number of benzene rings is 1. The molecule has 0 atom stereocenters. The van der Waals surface area contributed by atoms with Crippen molar-refractivity contribution in [1.29, 1.82) is 0 Å². The van der Waals surface area contributed by atoms with Crippen molar-refractivity contribution in [3.63, 3.8) is 0 Å². The molecule has 0 saturated carbocycles. The van der Waals surface area contributed by atoms with E-state index < -0.39 is 0 Å². The summed E-state index contributed by atoms with van der Waals surface area (Å²) >= 11 is 0. The summed E-state index contributed by atoms with van der Waals surface area (Å²) in [5.74, 6) is 0. The lowest BCUT2D eigenvalue weighted by Gasteiger charge is -2.06. The van der Waals surface area contributed by atoms with Gasteiger partial charge >= 0.3 is 0 Å². The second kappa shape index (κ2) is 3.62. The van der Waals surface area contributed by atoms with Crippen LogP contribution in [0.1, 0.15) is 11.1 Å². The number of nitrogens with zero attached hydrogens (tertiary/aromatic N) is 1. The number of aromatic nitrogens is 1. The molecule has 0 fully saturated rings. The topological polar surface area (TPSA) is 12.9 Å². The Labute approximate surface area is 84.4 Å². The van der Waals surface area contributed by atoms with Crippen LogP contribution in [0.5, 0.6) is 0 Å². The Balaban J connectivity index is 2.58. The first-order valence-electron chi connectivity index (χ1n) is 4.68. The largest absolute Gasteiger partial charge is 0.256 e. The molecule has 0 spiro atoms. The SMILES string of the molecule is Cc1cccc(-c2cc[c]cn2)c1C. The quantitative estimate of drug-likeness (QED) is 0.660. The highest BCUT2D eigenvalue weighted by Gasteiger charge is 2.03. The minimum Gasteiger partial charge on any atom is -0.256 e. The highest BCUT2D eigenvalue weighted by atomic mass is 14.7. The van der Waals surface area contributed by atoms with E-state index in [9.17, 15) is 0 Å². The van der Waals surface area contributed by atoms with Crippen molar-refractivity contribution < 1.29 is 0 Å². The molecule has 1 heterocycles. The number of rotatable bonds is 1. The van der Waals surface area contributed by atoms with Gasteiger partial charge in [-0.15, -0.1) is 0 Å². The molecule has 0 saturated heterocycles. The maximum atomic E-state index is 4.30. The normalized spacial score (nSPS) is 10.1. The lowest BCUT2D eigenvalue weighted by atomic mass is 10.0. The Morgan fingerprint density at radius 3 is 2.71 bits per heavy atom. The number of hydrogen-bond acceptors (Lipinski definition) is 1. The molecule has 0 unspecified atom stereocenters. The summed E-state index contributed by atoms with van der Waals surface area (Å²) in [5, 5.41) is 0. The standard InChI is InChI=1S/C13H12N/c1-10-6-5-7-12(11(10)2)13-8-3-4-9-14-13/h3,5-9H,1-2H3. The zero-order valence-electron chi connectivity index (χ0n) is 8.41. The van der Waals surface area contributed by atoms with Crippen molar-refractivity contribution in [3.05, 3.63) is 53.7 Å². The van der Waals surface area contributed by atoms with Gasteiger partial charge in [0.05, 0.1) is 5.69 Å². The summed E-state index contributed by atoms with van der Waals surface area (Å²) in [6, 6.07) is 13.1. The summed E-state index contributed by atoms with van der Waals surface area (Å²) in [6.07, 6.45) is 1.71. The third kappa shape index (κ3) is 1.53. The van der Waals surface area contributed by atoms with Crippen molar-refractivity contribution in [1.82, 2.24) is 4.98 Å². The van der Waals surface area contributed by atoms with E-state index in [4.69, 9.17) is 0 Å². The Morgan fingerprint density at radius 2 is 2.00 bits per heavy atom. The van der Waals surface area contributed by atoms with E-state index in [1.807, 2.05) is 12.1 Å². The predicted molar refractivity (Wildman–Crippen MR) is 58.0 cm³/mol. The molecule has 1 radical (unpaired) electrons. The van der Waals surface area contributed by atoms with Gasteiger partial charge in [-0.05, 0) is 31.0 Å². The Hall–Kier alpha value is -1.63. The molecule has 0 bridgehead atoms. The molecule has 0 amide bonds. The third-order valence-electron chi connectivity index (χ3n) is 2.50. The van der Waals surface area contributed by atoms with Gasteiger partial charge in [0, 0.05) is 17.8 Å². The van der Waals surface area contributed by atoms with E-state index in [1.54, 1.807) is 6.20 Å². The second-order valence-corrected chi connectivity index (χ2v) is 3.39. The maximum Gasteiger partial charge on any atom is 0.0705 e. The summed E-state index contributed by atoms with van der Waals surface area (Å²) in [4.78, 5) is 4.30. The van der Waals surface area contributed by atoms with Gasteiger partial charge < -0.3 is 0 Å². The average Bonchev–Trinajstić information content (AvgIpc) is 2.23. The first-order valence-corrected chi connectivity index (χ1v) is 4.68. The van der Waals surface area contributed by atoms with Crippen LogP contribution in [-0.4, -0.2) is 4.98 Å². The minimum atomic E-state index is 1.02. The van der Waals surface area contributed by atoms with Crippen LogP contribution in [0, 0.1) is 19.9 Å². The van der Waals surface area contributed by atoms with Crippen LogP contribution in [0.15, 0.2) is 36.5 Å². The molecule has 14 heavy (non-hydrogen) atoms. The molecule has 1 aromatic heterocycles. The monoisotopic (exact) mass is 182 g/mol.